The van der Waals surface area contributed by atoms with Crippen LogP contribution >= 0.6 is 0 Å². The fraction of sp³-hybridized carbons (Fsp3) is 0.250. The molecule has 23 heavy (non-hydrogen) atoms. The third-order valence-electron chi connectivity index (χ3n) is 3.73. The van der Waals surface area contributed by atoms with Crippen molar-refractivity contribution in [3.8, 4) is 0 Å². The van der Waals surface area contributed by atoms with Gasteiger partial charge in [-0.05, 0) is 24.3 Å². The molecular weight excluding hydrogens is 302 g/mol. The van der Waals surface area contributed by atoms with E-state index in [0.29, 0.717) is 26.2 Å². The SMILES string of the molecule is O=C(Nc1c(F)cccc1F)N1CCN(c2ccccn2)CC1. The number of nitrogens with one attached hydrogen (secondary N) is 1. The average Bonchev–Trinajstić information content (AvgIpc) is 2.59. The van der Waals surface area contributed by atoms with Gasteiger partial charge in [-0.3, -0.25) is 0 Å². The van der Waals surface area contributed by atoms with Crippen LogP contribution in [0.25, 0.3) is 0 Å². The third-order valence-corrected chi connectivity index (χ3v) is 3.73. The Morgan fingerprint density at radius 3 is 2.30 bits per heavy atom. The summed E-state index contributed by atoms with van der Waals surface area (Å²) in [7, 11) is 0. The fourth-order valence-corrected chi connectivity index (χ4v) is 2.48. The Balaban J connectivity index is 1.60. The smallest absolute Gasteiger partial charge is 0.322 e. The Kier molecular flexibility index (Phi) is 4.36. The summed E-state index contributed by atoms with van der Waals surface area (Å²) >= 11 is 0. The largest absolute Gasteiger partial charge is 0.353 e. The summed E-state index contributed by atoms with van der Waals surface area (Å²) in [6.45, 7) is 2.14. The monoisotopic (exact) mass is 318 g/mol. The number of anilines is 2. The van der Waals surface area contributed by atoms with Crippen molar-refractivity contribution < 1.29 is 13.6 Å². The van der Waals surface area contributed by atoms with Crippen LogP contribution in [0, 0.1) is 11.6 Å². The maximum atomic E-state index is 13.6. The first kappa shape index (κ1) is 15.2. The summed E-state index contributed by atoms with van der Waals surface area (Å²) in [5.74, 6) is -0.719. The second kappa shape index (κ2) is 6.60. The van der Waals surface area contributed by atoms with Gasteiger partial charge in [0.25, 0.3) is 0 Å². The van der Waals surface area contributed by atoms with Gasteiger partial charge >= 0.3 is 6.03 Å². The van der Waals surface area contributed by atoms with Gasteiger partial charge in [0.05, 0.1) is 0 Å². The molecule has 1 fully saturated rings. The zero-order chi connectivity index (χ0) is 16.2. The normalized spacial score (nSPS) is 14.7. The Hall–Kier alpha value is -2.70. The maximum absolute atomic E-state index is 13.6. The van der Waals surface area contributed by atoms with Gasteiger partial charge in [0, 0.05) is 32.4 Å². The number of piperazine rings is 1. The molecule has 0 radical (unpaired) electrons. The lowest BCUT2D eigenvalue weighted by Gasteiger charge is -2.35. The minimum atomic E-state index is -0.787. The number of rotatable bonds is 2. The second-order valence-corrected chi connectivity index (χ2v) is 5.19. The molecule has 7 heteroatoms. The van der Waals surface area contributed by atoms with Crippen LogP contribution in [0.15, 0.2) is 42.6 Å². The van der Waals surface area contributed by atoms with Crippen LogP contribution in [0.3, 0.4) is 0 Å². The van der Waals surface area contributed by atoms with Gasteiger partial charge in [0.15, 0.2) is 0 Å². The molecule has 0 bridgehead atoms. The number of hydrogen-bond acceptors (Lipinski definition) is 3. The molecular formula is C16H16F2N4O. The molecule has 1 N–H and O–H groups in total. The molecule has 2 aromatic rings. The van der Waals surface area contributed by atoms with Gasteiger partial charge < -0.3 is 15.1 Å². The van der Waals surface area contributed by atoms with Crippen LogP contribution in [0.1, 0.15) is 0 Å². The number of amides is 2. The lowest BCUT2D eigenvalue weighted by atomic mass is 10.3. The highest BCUT2D eigenvalue weighted by atomic mass is 19.1. The molecule has 1 saturated heterocycles. The van der Waals surface area contributed by atoms with Crippen molar-refractivity contribution in [3.63, 3.8) is 0 Å². The summed E-state index contributed by atoms with van der Waals surface area (Å²) in [5, 5.41) is 2.31. The number of carbonyl (C=O) groups excluding carboxylic acids is 1. The highest BCUT2D eigenvalue weighted by Gasteiger charge is 2.23. The van der Waals surface area contributed by atoms with Crippen LogP contribution in [0.5, 0.6) is 0 Å². The number of pyridine rings is 1. The van der Waals surface area contributed by atoms with Gasteiger partial charge in [-0.15, -0.1) is 0 Å². The fourth-order valence-electron chi connectivity index (χ4n) is 2.48. The van der Waals surface area contributed by atoms with E-state index in [1.165, 1.54) is 11.0 Å². The second-order valence-electron chi connectivity index (χ2n) is 5.19. The summed E-state index contributed by atoms with van der Waals surface area (Å²) in [4.78, 5) is 20.0. The van der Waals surface area contributed by atoms with Crippen molar-refractivity contribution >= 4 is 17.5 Å². The summed E-state index contributed by atoms with van der Waals surface area (Å²) < 4.78 is 27.1. The zero-order valence-corrected chi connectivity index (χ0v) is 12.4. The molecule has 0 saturated carbocycles. The van der Waals surface area contributed by atoms with E-state index >= 15 is 0 Å². The molecule has 2 heterocycles. The van der Waals surface area contributed by atoms with Crippen LogP contribution < -0.4 is 10.2 Å². The maximum Gasteiger partial charge on any atom is 0.322 e. The van der Waals surface area contributed by atoms with Crippen molar-refractivity contribution in [2.45, 2.75) is 0 Å². The van der Waals surface area contributed by atoms with Gasteiger partial charge in [-0.25, -0.2) is 18.6 Å². The first-order chi connectivity index (χ1) is 11.1. The number of nitrogens with zero attached hydrogens (tertiary/aromatic N) is 3. The van der Waals surface area contributed by atoms with Crippen molar-refractivity contribution in [1.82, 2.24) is 9.88 Å². The van der Waals surface area contributed by atoms with Crippen molar-refractivity contribution in [3.05, 3.63) is 54.2 Å². The highest BCUT2D eigenvalue weighted by molar-refractivity contribution is 5.89. The van der Waals surface area contributed by atoms with Crippen LogP contribution in [-0.2, 0) is 0 Å². The topological polar surface area (TPSA) is 48.5 Å². The highest BCUT2D eigenvalue weighted by Crippen LogP contribution is 2.19. The van der Waals surface area contributed by atoms with Crippen molar-refractivity contribution in [1.29, 1.82) is 0 Å². The van der Waals surface area contributed by atoms with E-state index < -0.39 is 23.4 Å². The molecule has 1 aromatic heterocycles. The van der Waals surface area contributed by atoms with E-state index in [1.54, 1.807) is 6.20 Å². The number of urea groups is 1. The minimum absolute atomic E-state index is 0.412. The van der Waals surface area contributed by atoms with E-state index in [1.807, 2.05) is 18.2 Å². The molecule has 3 rings (SSSR count). The van der Waals surface area contributed by atoms with E-state index in [9.17, 15) is 13.6 Å². The molecule has 2 amide bonds. The number of para-hydroxylation sites is 1. The van der Waals surface area contributed by atoms with Gasteiger partial charge in [0.2, 0.25) is 0 Å². The molecule has 0 unspecified atom stereocenters. The van der Waals surface area contributed by atoms with Gasteiger partial charge in [-0.2, -0.15) is 0 Å². The van der Waals surface area contributed by atoms with E-state index in [0.717, 1.165) is 18.0 Å². The summed E-state index contributed by atoms with van der Waals surface area (Å²) in [6, 6.07) is 8.62. The quantitative estimate of drug-likeness (QED) is 0.926. The molecule has 120 valence electrons. The summed E-state index contributed by atoms with van der Waals surface area (Å²) in [6.07, 6.45) is 1.72. The lowest BCUT2D eigenvalue weighted by molar-refractivity contribution is 0.208. The minimum Gasteiger partial charge on any atom is -0.353 e. The Bertz CT molecular complexity index is 667. The third kappa shape index (κ3) is 3.39. The first-order valence-electron chi connectivity index (χ1n) is 7.31. The predicted octanol–water partition coefficient (Wildman–Crippen LogP) is 2.71. The molecule has 0 spiro atoms. The van der Waals surface area contributed by atoms with E-state index in [4.69, 9.17) is 0 Å². The standard InChI is InChI=1S/C16H16F2N4O/c17-12-4-3-5-13(18)15(12)20-16(23)22-10-8-21(9-11-22)14-6-1-2-7-19-14/h1-7H,8-11H2,(H,20,23). The van der Waals surface area contributed by atoms with Crippen LogP contribution in [-0.4, -0.2) is 42.1 Å². The zero-order valence-electron chi connectivity index (χ0n) is 12.4. The van der Waals surface area contributed by atoms with Crippen molar-refractivity contribution in [2.24, 2.45) is 0 Å². The molecule has 0 aliphatic carbocycles. The van der Waals surface area contributed by atoms with E-state index in [2.05, 4.69) is 15.2 Å². The number of carbonyl (C=O) groups is 1. The van der Waals surface area contributed by atoms with E-state index in [-0.39, 0.29) is 0 Å². The molecule has 5 nitrogen and oxygen atoms in total. The van der Waals surface area contributed by atoms with Crippen LogP contribution in [0.4, 0.5) is 25.1 Å². The average molecular weight is 318 g/mol. The predicted molar refractivity (Wildman–Crippen MR) is 83.4 cm³/mol. The van der Waals surface area contributed by atoms with Gasteiger partial charge in [0.1, 0.15) is 23.1 Å². The van der Waals surface area contributed by atoms with Gasteiger partial charge in [-0.1, -0.05) is 12.1 Å². The Labute approximate surface area is 132 Å². The number of hydrogen-bond donors (Lipinski definition) is 1. The van der Waals surface area contributed by atoms with Crippen LogP contribution in [0.2, 0.25) is 0 Å². The molecule has 1 aliphatic heterocycles. The molecule has 1 aromatic carbocycles. The number of aromatic nitrogens is 1. The Morgan fingerprint density at radius 1 is 1.00 bits per heavy atom. The lowest BCUT2D eigenvalue weighted by Crippen LogP contribution is -2.50. The number of benzene rings is 1. The molecule has 0 atom stereocenters. The number of halogens is 2. The Morgan fingerprint density at radius 2 is 1.70 bits per heavy atom. The summed E-state index contributed by atoms with van der Waals surface area (Å²) in [5.41, 5.74) is -0.412. The first-order valence-corrected chi connectivity index (χ1v) is 7.31. The molecule has 1 aliphatic rings. The van der Waals surface area contributed by atoms with Crippen molar-refractivity contribution in [2.75, 3.05) is 36.4 Å².